The van der Waals surface area contributed by atoms with E-state index in [4.69, 9.17) is 5.11 Å². The predicted molar refractivity (Wildman–Crippen MR) is 82.0 cm³/mol. The molecule has 7 heteroatoms. The Morgan fingerprint density at radius 1 is 1.24 bits per heavy atom. The Kier molecular flexibility index (Phi) is 4.65. The lowest BCUT2D eigenvalue weighted by Gasteiger charge is -2.11. The first-order valence-electron chi connectivity index (χ1n) is 6.02. The molecule has 0 aliphatic rings. The molecule has 0 aromatic heterocycles. The number of sulfonamides is 1. The van der Waals surface area contributed by atoms with Crippen molar-refractivity contribution < 1.29 is 17.9 Å². The summed E-state index contributed by atoms with van der Waals surface area (Å²) in [5.41, 5.74) is 1.04. The van der Waals surface area contributed by atoms with Crippen LogP contribution in [0.15, 0.2) is 45.8 Å². The van der Waals surface area contributed by atoms with E-state index in [1.807, 2.05) is 0 Å². The van der Waals surface area contributed by atoms with Crippen molar-refractivity contribution in [2.75, 3.05) is 4.72 Å². The third-order valence-corrected chi connectivity index (χ3v) is 5.27. The molecule has 0 aliphatic heterocycles. The average Bonchev–Trinajstić information content (AvgIpc) is 2.43. The third-order valence-electron chi connectivity index (χ3n) is 2.89. The van der Waals surface area contributed by atoms with E-state index in [9.17, 15) is 12.8 Å². The van der Waals surface area contributed by atoms with E-state index >= 15 is 0 Å². The topological polar surface area (TPSA) is 66.4 Å². The van der Waals surface area contributed by atoms with Gasteiger partial charge in [-0.2, -0.15) is 0 Å². The van der Waals surface area contributed by atoms with Crippen LogP contribution in [0.1, 0.15) is 11.1 Å². The van der Waals surface area contributed by atoms with Gasteiger partial charge in [0, 0.05) is 4.47 Å². The second-order valence-corrected chi connectivity index (χ2v) is 7.00. The second kappa shape index (κ2) is 6.13. The molecule has 0 saturated heterocycles. The molecule has 4 nitrogen and oxygen atoms in total. The summed E-state index contributed by atoms with van der Waals surface area (Å²) in [6.45, 7) is 1.32. The zero-order valence-corrected chi connectivity index (χ0v) is 13.5. The summed E-state index contributed by atoms with van der Waals surface area (Å²) in [5.74, 6) is -0.488. The van der Waals surface area contributed by atoms with Crippen molar-refractivity contribution in [3.8, 4) is 0 Å². The van der Waals surface area contributed by atoms with Crippen molar-refractivity contribution in [1.82, 2.24) is 0 Å². The SMILES string of the molecule is Cc1ccc(NS(=O)(=O)c2cc(CO)ccc2Br)cc1F. The quantitative estimate of drug-likeness (QED) is 0.864. The highest BCUT2D eigenvalue weighted by Gasteiger charge is 2.18. The van der Waals surface area contributed by atoms with E-state index in [-0.39, 0.29) is 17.2 Å². The lowest BCUT2D eigenvalue weighted by molar-refractivity contribution is 0.281. The Bertz CT molecular complexity index is 778. The van der Waals surface area contributed by atoms with E-state index < -0.39 is 15.8 Å². The van der Waals surface area contributed by atoms with Crippen LogP contribution in [0, 0.1) is 12.7 Å². The van der Waals surface area contributed by atoms with Crippen LogP contribution in [0.4, 0.5) is 10.1 Å². The number of anilines is 1. The first-order valence-corrected chi connectivity index (χ1v) is 8.29. The predicted octanol–water partition coefficient (Wildman–Crippen LogP) is 3.19. The lowest BCUT2D eigenvalue weighted by Crippen LogP contribution is -2.14. The number of halogens is 2. The van der Waals surface area contributed by atoms with E-state index in [1.165, 1.54) is 24.3 Å². The fraction of sp³-hybridized carbons (Fsp3) is 0.143. The fourth-order valence-corrected chi connectivity index (χ4v) is 3.78. The molecule has 0 radical (unpaired) electrons. The van der Waals surface area contributed by atoms with E-state index in [1.54, 1.807) is 13.0 Å². The molecule has 0 aliphatic carbocycles. The minimum absolute atomic E-state index is 0.0185. The first kappa shape index (κ1) is 15.9. The van der Waals surface area contributed by atoms with Crippen LogP contribution in [0.5, 0.6) is 0 Å². The summed E-state index contributed by atoms with van der Waals surface area (Å²) in [6, 6.07) is 8.60. The number of hydrogen-bond donors (Lipinski definition) is 2. The lowest BCUT2D eigenvalue weighted by atomic mass is 10.2. The van der Waals surface area contributed by atoms with Gasteiger partial charge in [-0.25, -0.2) is 12.8 Å². The zero-order chi connectivity index (χ0) is 15.6. The molecule has 2 rings (SSSR count). The highest BCUT2D eigenvalue weighted by molar-refractivity contribution is 9.10. The van der Waals surface area contributed by atoms with Gasteiger partial charge in [-0.05, 0) is 58.2 Å². The zero-order valence-electron chi connectivity index (χ0n) is 11.1. The maximum atomic E-state index is 13.5. The van der Waals surface area contributed by atoms with Crippen molar-refractivity contribution >= 4 is 31.6 Å². The molecular formula is C14H13BrFNO3S. The molecule has 2 N–H and O–H groups in total. The van der Waals surface area contributed by atoms with Gasteiger partial charge in [0.25, 0.3) is 10.0 Å². The minimum atomic E-state index is -3.88. The Labute approximate surface area is 130 Å². The molecule has 21 heavy (non-hydrogen) atoms. The fourth-order valence-electron chi connectivity index (χ4n) is 1.72. The van der Waals surface area contributed by atoms with Crippen LogP contribution in [0.2, 0.25) is 0 Å². The molecule has 0 bridgehead atoms. The summed E-state index contributed by atoms with van der Waals surface area (Å²) in [5, 5.41) is 9.10. The maximum Gasteiger partial charge on any atom is 0.263 e. The van der Waals surface area contributed by atoms with Crippen molar-refractivity contribution in [3.05, 3.63) is 57.8 Å². The van der Waals surface area contributed by atoms with Crippen molar-refractivity contribution in [3.63, 3.8) is 0 Å². The molecule has 0 amide bonds. The standard InChI is InChI=1S/C14H13BrFNO3S/c1-9-2-4-11(7-13(9)16)17-21(19,20)14-6-10(8-18)3-5-12(14)15/h2-7,17-18H,8H2,1H3. The molecule has 0 fully saturated rings. The van der Waals surface area contributed by atoms with Crippen LogP contribution in [-0.2, 0) is 16.6 Å². The minimum Gasteiger partial charge on any atom is -0.392 e. The summed E-state index contributed by atoms with van der Waals surface area (Å²) >= 11 is 3.16. The van der Waals surface area contributed by atoms with E-state index in [0.717, 1.165) is 6.07 Å². The van der Waals surface area contributed by atoms with Crippen LogP contribution in [0.3, 0.4) is 0 Å². The number of benzene rings is 2. The Hall–Kier alpha value is -1.44. The van der Waals surface area contributed by atoms with Gasteiger partial charge in [0.15, 0.2) is 0 Å². The Morgan fingerprint density at radius 2 is 1.95 bits per heavy atom. The Morgan fingerprint density at radius 3 is 2.57 bits per heavy atom. The molecule has 0 unspecified atom stereocenters. The van der Waals surface area contributed by atoms with Gasteiger partial charge >= 0.3 is 0 Å². The molecule has 0 saturated carbocycles. The second-order valence-electron chi connectivity index (χ2n) is 4.49. The normalized spacial score (nSPS) is 11.4. The smallest absolute Gasteiger partial charge is 0.263 e. The first-order chi connectivity index (χ1) is 9.83. The molecule has 2 aromatic rings. The Balaban J connectivity index is 2.40. The number of hydrogen-bond acceptors (Lipinski definition) is 3. The molecule has 2 aromatic carbocycles. The summed E-state index contributed by atoms with van der Waals surface area (Å²) < 4.78 is 40.8. The summed E-state index contributed by atoms with van der Waals surface area (Å²) in [6.07, 6.45) is 0. The molecule has 112 valence electrons. The van der Waals surface area contributed by atoms with E-state index in [2.05, 4.69) is 20.7 Å². The van der Waals surface area contributed by atoms with Gasteiger partial charge in [-0.15, -0.1) is 0 Å². The van der Waals surface area contributed by atoms with Crippen molar-refractivity contribution in [1.29, 1.82) is 0 Å². The molecular weight excluding hydrogens is 361 g/mol. The van der Waals surface area contributed by atoms with Gasteiger partial charge in [0.1, 0.15) is 10.7 Å². The van der Waals surface area contributed by atoms with E-state index in [0.29, 0.717) is 15.6 Å². The van der Waals surface area contributed by atoms with Gasteiger partial charge in [0.05, 0.1) is 12.3 Å². The van der Waals surface area contributed by atoms with Gasteiger partial charge in [-0.1, -0.05) is 12.1 Å². The number of aliphatic hydroxyl groups excluding tert-OH is 1. The van der Waals surface area contributed by atoms with Crippen LogP contribution >= 0.6 is 15.9 Å². The van der Waals surface area contributed by atoms with Crippen molar-refractivity contribution in [2.24, 2.45) is 0 Å². The molecule has 0 heterocycles. The average molecular weight is 374 g/mol. The highest BCUT2D eigenvalue weighted by atomic mass is 79.9. The van der Waals surface area contributed by atoms with Gasteiger partial charge in [-0.3, -0.25) is 4.72 Å². The van der Waals surface area contributed by atoms with Crippen molar-refractivity contribution in [2.45, 2.75) is 18.4 Å². The maximum absolute atomic E-state index is 13.5. The monoisotopic (exact) mass is 373 g/mol. The summed E-state index contributed by atoms with van der Waals surface area (Å²) in [7, 11) is -3.88. The highest BCUT2D eigenvalue weighted by Crippen LogP contribution is 2.26. The largest absolute Gasteiger partial charge is 0.392 e. The number of aryl methyl sites for hydroxylation is 1. The molecule has 0 atom stereocenters. The third kappa shape index (κ3) is 3.61. The number of nitrogens with one attached hydrogen (secondary N) is 1. The van der Waals surface area contributed by atoms with Gasteiger partial charge < -0.3 is 5.11 Å². The number of aliphatic hydroxyl groups is 1. The molecule has 0 spiro atoms. The van der Waals surface area contributed by atoms with Gasteiger partial charge in [0.2, 0.25) is 0 Å². The summed E-state index contributed by atoms with van der Waals surface area (Å²) in [4.78, 5) is -0.0185. The number of rotatable bonds is 4. The van der Waals surface area contributed by atoms with Crippen LogP contribution in [0.25, 0.3) is 0 Å². The van der Waals surface area contributed by atoms with Crippen LogP contribution < -0.4 is 4.72 Å². The van der Waals surface area contributed by atoms with Crippen LogP contribution in [-0.4, -0.2) is 13.5 Å².